The fraction of sp³-hybridized carbons (Fsp3) is 0.242. The summed E-state index contributed by atoms with van der Waals surface area (Å²) in [5, 5.41) is 9.57. The number of ether oxygens (including phenoxy) is 3. The van der Waals surface area contributed by atoms with Gasteiger partial charge in [-0.15, -0.1) is 0 Å². The van der Waals surface area contributed by atoms with Crippen LogP contribution in [0, 0.1) is 11.3 Å². The lowest BCUT2D eigenvalue weighted by molar-refractivity contribution is 0.0770. The number of rotatable bonds is 10. The minimum absolute atomic E-state index is 0.149. The van der Waals surface area contributed by atoms with Gasteiger partial charge in [-0.05, 0) is 58.9 Å². The first-order valence-electron chi connectivity index (χ1n) is 12.8. The van der Waals surface area contributed by atoms with Crippen molar-refractivity contribution in [3.05, 3.63) is 131 Å². The first-order chi connectivity index (χ1) is 18.2. The van der Waals surface area contributed by atoms with E-state index in [4.69, 9.17) is 14.2 Å². The van der Waals surface area contributed by atoms with Crippen LogP contribution in [-0.4, -0.2) is 12.2 Å². The van der Waals surface area contributed by atoms with Gasteiger partial charge in [0, 0.05) is 12.8 Å². The van der Waals surface area contributed by atoms with Crippen molar-refractivity contribution >= 4 is 0 Å². The molecule has 37 heavy (non-hydrogen) atoms. The van der Waals surface area contributed by atoms with E-state index in [1.165, 1.54) is 11.1 Å². The SMILES string of the molecule is N#CC(Cc1ccc2c(c1)CCC(Cc1ccc(OCc3ccccc3)cc1)O2)OCc1ccccc1. The first kappa shape index (κ1) is 24.6. The molecule has 0 spiro atoms. The molecule has 186 valence electrons. The van der Waals surface area contributed by atoms with E-state index in [1.807, 2.05) is 66.7 Å². The van der Waals surface area contributed by atoms with Gasteiger partial charge in [-0.2, -0.15) is 5.26 Å². The van der Waals surface area contributed by atoms with E-state index < -0.39 is 6.10 Å². The van der Waals surface area contributed by atoms with Crippen molar-refractivity contribution in [1.29, 1.82) is 5.26 Å². The second-order valence-electron chi connectivity index (χ2n) is 9.46. The number of hydrogen-bond donors (Lipinski definition) is 0. The first-order valence-corrected chi connectivity index (χ1v) is 12.8. The Balaban J connectivity index is 1.12. The Morgan fingerprint density at radius 1 is 0.784 bits per heavy atom. The number of hydrogen-bond acceptors (Lipinski definition) is 4. The fourth-order valence-electron chi connectivity index (χ4n) is 4.62. The Morgan fingerprint density at radius 3 is 2.16 bits per heavy atom. The van der Waals surface area contributed by atoms with Crippen molar-refractivity contribution in [3.63, 3.8) is 0 Å². The average molecular weight is 490 g/mol. The lowest BCUT2D eigenvalue weighted by Gasteiger charge is -2.27. The van der Waals surface area contributed by atoms with Crippen LogP contribution < -0.4 is 9.47 Å². The van der Waals surface area contributed by atoms with Gasteiger partial charge in [-0.3, -0.25) is 0 Å². The predicted molar refractivity (Wildman–Crippen MR) is 144 cm³/mol. The molecule has 0 fully saturated rings. The highest BCUT2D eigenvalue weighted by molar-refractivity contribution is 5.40. The summed E-state index contributed by atoms with van der Waals surface area (Å²) in [4.78, 5) is 0. The highest BCUT2D eigenvalue weighted by Crippen LogP contribution is 2.30. The van der Waals surface area contributed by atoms with E-state index in [-0.39, 0.29) is 6.10 Å². The molecule has 0 bridgehead atoms. The molecule has 0 N–H and O–H groups in total. The van der Waals surface area contributed by atoms with Crippen LogP contribution in [0.15, 0.2) is 103 Å². The molecule has 4 nitrogen and oxygen atoms in total. The highest BCUT2D eigenvalue weighted by atomic mass is 16.5. The molecule has 2 unspecified atom stereocenters. The maximum atomic E-state index is 9.57. The van der Waals surface area contributed by atoms with Gasteiger partial charge < -0.3 is 14.2 Å². The van der Waals surface area contributed by atoms with Crippen LogP contribution in [0.2, 0.25) is 0 Å². The highest BCUT2D eigenvalue weighted by Gasteiger charge is 2.21. The molecule has 0 aromatic heterocycles. The van der Waals surface area contributed by atoms with Gasteiger partial charge in [0.25, 0.3) is 0 Å². The van der Waals surface area contributed by atoms with E-state index in [0.29, 0.717) is 19.6 Å². The van der Waals surface area contributed by atoms with Crippen molar-refractivity contribution in [1.82, 2.24) is 0 Å². The van der Waals surface area contributed by atoms with Crippen LogP contribution in [0.25, 0.3) is 0 Å². The molecule has 5 rings (SSSR count). The minimum Gasteiger partial charge on any atom is -0.490 e. The standard InChI is InChI=1S/C33H31NO3/c34-22-32(36-24-27-9-5-2-6-10-27)21-28-13-18-33-29(19-28)14-17-31(37-33)20-25-11-15-30(16-12-25)35-23-26-7-3-1-4-8-26/h1-13,15-16,18-19,31-32H,14,17,20-21,23-24H2. The lowest BCUT2D eigenvalue weighted by Crippen LogP contribution is -2.25. The van der Waals surface area contributed by atoms with Gasteiger partial charge in [0.15, 0.2) is 0 Å². The molecular weight excluding hydrogens is 458 g/mol. The molecule has 2 atom stereocenters. The molecule has 1 aliphatic rings. The number of benzene rings is 4. The number of nitrogens with zero attached hydrogens (tertiary/aromatic N) is 1. The summed E-state index contributed by atoms with van der Waals surface area (Å²) < 4.78 is 18.1. The second kappa shape index (κ2) is 12.3. The topological polar surface area (TPSA) is 51.5 Å². The van der Waals surface area contributed by atoms with E-state index in [1.54, 1.807) is 0 Å². The molecule has 4 aromatic carbocycles. The molecule has 4 aromatic rings. The maximum absolute atomic E-state index is 9.57. The second-order valence-corrected chi connectivity index (χ2v) is 9.46. The Bertz CT molecular complexity index is 1310. The molecule has 1 heterocycles. The Labute approximate surface area is 219 Å². The van der Waals surface area contributed by atoms with E-state index in [9.17, 15) is 5.26 Å². The summed E-state index contributed by atoms with van der Waals surface area (Å²) in [6.45, 7) is 1.01. The van der Waals surface area contributed by atoms with Gasteiger partial charge in [0.1, 0.15) is 30.3 Å². The van der Waals surface area contributed by atoms with Gasteiger partial charge in [0.05, 0.1) is 12.7 Å². The molecule has 0 saturated heterocycles. The normalized spacial score (nSPS) is 15.2. The molecule has 0 saturated carbocycles. The third-order valence-corrected chi connectivity index (χ3v) is 6.65. The van der Waals surface area contributed by atoms with Gasteiger partial charge >= 0.3 is 0 Å². The fourth-order valence-corrected chi connectivity index (χ4v) is 4.62. The van der Waals surface area contributed by atoms with Crippen LogP contribution in [0.5, 0.6) is 11.5 Å². The largest absolute Gasteiger partial charge is 0.490 e. The maximum Gasteiger partial charge on any atom is 0.148 e. The van der Waals surface area contributed by atoms with Crippen molar-refractivity contribution in [3.8, 4) is 17.6 Å². The van der Waals surface area contributed by atoms with E-state index in [2.05, 4.69) is 42.5 Å². The summed E-state index contributed by atoms with van der Waals surface area (Å²) in [5.41, 5.74) is 5.78. The van der Waals surface area contributed by atoms with E-state index >= 15 is 0 Å². The summed E-state index contributed by atoms with van der Waals surface area (Å²) in [7, 11) is 0. The Morgan fingerprint density at radius 2 is 1.46 bits per heavy atom. The summed E-state index contributed by atoms with van der Waals surface area (Å²) in [6, 6.07) is 37.0. The van der Waals surface area contributed by atoms with Crippen LogP contribution >= 0.6 is 0 Å². The number of aryl methyl sites for hydroxylation is 1. The predicted octanol–water partition coefficient (Wildman–Crippen LogP) is 6.85. The number of fused-ring (bicyclic) bond motifs is 1. The minimum atomic E-state index is -0.477. The summed E-state index contributed by atoms with van der Waals surface area (Å²) in [5.74, 6) is 1.82. The monoisotopic (exact) mass is 489 g/mol. The summed E-state index contributed by atoms with van der Waals surface area (Å²) in [6.07, 6.45) is 3.04. The zero-order valence-corrected chi connectivity index (χ0v) is 20.9. The Kier molecular flexibility index (Phi) is 8.15. The van der Waals surface area contributed by atoms with Crippen LogP contribution in [-0.2, 0) is 37.2 Å². The average Bonchev–Trinajstić information content (AvgIpc) is 2.96. The smallest absolute Gasteiger partial charge is 0.148 e. The van der Waals surface area contributed by atoms with Gasteiger partial charge in [0.2, 0.25) is 0 Å². The molecular formula is C33H31NO3. The lowest BCUT2D eigenvalue weighted by atomic mass is 9.95. The summed E-state index contributed by atoms with van der Waals surface area (Å²) >= 11 is 0. The zero-order valence-electron chi connectivity index (χ0n) is 20.9. The number of nitriles is 1. The van der Waals surface area contributed by atoms with Gasteiger partial charge in [-0.1, -0.05) is 84.9 Å². The molecule has 0 amide bonds. The van der Waals surface area contributed by atoms with Crippen LogP contribution in [0.3, 0.4) is 0 Å². The van der Waals surface area contributed by atoms with Crippen molar-refractivity contribution in [2.45, 2.75) is 51.1 Å². The Hall–Kier alpha value is -4.07. The van der Waals surface area contributed by atoms with Crippen molar-refractivity contribution < 1.29 is 14.2 Å². The molecule has 0 aliphatic carbocycles. The van der Waals surface area contributed by atoms with Crippen molar-refractivity contribution in [2.24, 2.45) is 0 Å². The van der Waals surface area contributed by atoms with Crippen molar-refractivity contribution in [2.75, 3.05) is 0 Å². The third kappa shape index (κ3) is 7.00. The van der Waals surface area contributed by atoms with Crippen LogP contribution in [0.1, 0.15) is 34.2 Å². The van der Waals surface area contributed by atoms with E-state index in [0.717, 1.165) is 47.5 Å². The molecule has 4 heteroatoms. The molecule has 0 radical (unpaired) electrons. The third-order valence-electron chi connectivity index (χ3n) is 6.65. The zero-order chi connectivity index (χ0) is 25.3. The van der Waals surface area contributed by atoms with Crippen LogP contribution in [0.4, 0.5) is 0 Å². The quantitative estimate of drug-likeness (QED) is 0.244. The van der Waals surface area contributed by atoms with Gasteiger partial charge in [-0.25, -0.2) is 0 Å². The molecule has 1 aliphatic heterocycles.